The van der Waals surface area contributed by atoms with Crippen LogP contribution in [0.4, 0.5) is 5.69 Å². The maximum absolute atomic E-state index is 9.35. The number of aliphatic hydroxyl groups excluding tert-OH is 1. The Bertz CT molecular complexity index is 720. The van der Waals surface area contributed by atoms with E-state index in [0.717, 1.165) is 24.2 Å². The van der Waals surface area contributed by atoms with Crippen molar-refractivity contribution in [2.24, 2.45) is 21.4 Å². The van der Waals surface area contributed by atoms with Gasteiger partial charge in [-0.15, -0.1) is 0 Å². The molecule has 1 aromatic rings. The van der Waals surface area contributed by atoms with Gasteiger partial charge in [-0.2, -0.15) is 10.2 Å². The second-order valence-electron chi connectivity index (χ2n) is 8.29. The molecule has 0 spiro atoms. The summed E-state index contributed by atoms with van der Waals surface area (Å²) < 4.78 is 0. The van der Waals surface area contributed by atoms with Crippen molar-refractivity contribution < 1.29 is 5.11 Å². The second kappa shape index (κ2) is 13.8. The molecule has 174 valence electrons. The minimum Gasteiger partial charge on any atom is -0.396 e. The molecule has 0 amide bonds. The van der Waals surface area contributed by atoms with Gasteiger partial charge in [0.05, 0.1) is 6.04 Å². The van der Waals surface area contributed by atoms with Gasteiger partial charge in [0, 0.05) is 57.7 Å². The average molecular weight is 431 g/mol. The van der Waals surface area contributed by atoms with Crippen LogP contribution < -0.4 is 5.32 Å². The Morgan fingerprint density at radius 1 is 1.23 bits per heavy atom. The maximum Gasteiger partial charge on any atom is 0.0747 e. The summed E-state index contributed by atoms with van der Waals surface area (Å²) in [5.41, 5.74) is 3.48. The third-order valence-electron chi connectivity index (χ3n) is 6.20. The number of hydrazone groups is 1. The van der Waals surface area contributed by atoms with E-state index in [9.17, 15) is 5.11 Å². The molecule has 0 radical (unpaired) electrons. The predicted molar refractivity (Wildman–Crippen MR) is 132 cm³/mol. The zero-order valence-electron chi connectivity index (χ0n) is 20.4. The highest BCUT2D eigenvalue weighted by molar-refractivity contribution is 5.53. The summed E-state index contributed by atoms with van der Waals surface area (Å²) in [6.45, 7) is 15.1. The Morgan fingerprint density at radius 2 is 1.90 bits per heavy atom. The number of allylic oxidation sites excluding steroid dienone is 1. The van der Waals surface area contributed by atoms with Crippen LogP contribution in [0.15, 0.2) is 51.4 Å². The van der Waals surface area contributed by atoms with E-state index in [2.05, 4.69) is 80.3 Å². The highest BCUT2D eigenvalue weighted by Gasteiger charge is 2.22. The van der Waals surface area contributed by atoms with Gasteiger partial charge in [0.15, 0.2) is 0 Å². The number of hydrogen-bond acceptors (Lipinski definition) is 6. The normalized spacial score (nSPS) is 15.9. The molecule has 0 fully saturated rings. The molecule has 1 aromatic carbocycles. The fourth-order valence-corrected chi connectivity index (χ4v) is 3.31. The van der Waals surface area contributed by atoms with Crippen LogP contribution in [0, 0.1) is 5.92 Å². The first-order valence-corrected chi connectivity index (χ1v) is 11.1. The van der Waals surface area contributed by atoms with Crippen LogP contribution >= 0.6 is 0 Å². The van der Waals surface area contributed by atoms with Crippen LogP contribution in [0.2, 0.25) is 0 Å². The van der Waals surface area contributed by atoms with Crippen molar-refractivity contribution in [3.63, 3.8) is 0 Å². The smallest absolute Gasteiger partial charge is 0.0747 e. The largest absolute Gasteiger partial charge is 0.396 e. The van der Waals surface area contributed by atoms with E-state index in [4.69, 9.17) is 0 Å². The average Bonchev–Trinajstić information content (AvgIpc) is 2.79. The number of nitrogens with one attached hydrogen (secondary N) is 1. The monoisotopic (exact) mass is 430 g/mol. The summed E-state index contributed by atoms with van der Waals surface area (Å²) >= 11 is 0. The lowest BCUT2D eigenvalue weighted by Crippen LogP contribution is -2.35. The van der Waals surface area contributed by atoms with Crippen molar-refractivity contribution in [2.75, 3.05) is 32.6 Å². The first-order valence-electron chi connectivity index (χ1n) is 11.1. The Kier molecular flexibility index (Phi) is 11.9. The molecule has 0 aromatic heterocycles. The predicted octanol–water partition coefficient (Wildman–Crippen LogP) is 4.62. The molecule has 0 bridgehead atoms. The molecular weight excluding hydrogens is 388 g/mol. The summed E-state index contributed by atoms with van der Waals surface area (Å²) in [6, 6.07) is 8.67. The Labute approximate surface area is 188 Å². The van der Waals surface area contributed by atoms with Gasteiger partial charge in [0.2, 0.25) is 0 Å². The molecule has 7 heteroatoms. The van der Waals surface area contributed by atoms with Gasteiger partial charge in [0.1, 0.15) is 0 Å². The third-order valence-corrected chi connectivity index (χ3v) is 6.20. The molecule has 3 unspecified atom stereocenters. The number of anilines is 1. The van der Waals surface area contributed by atoms with Crippen LogP contribution in [-0.2, 0) is 6.42 Å². The Morgan fingerprint density at radius 3 is 2.52 bits per heavy atom. The van der Waals surface area contributed by atoms with Gasteiger partial charge < -0.3 is 10.4 Å². The molecule has 0 aliphatic heterocycles. The van der Waals surface area contributed by atoms with Crippen LogP contribution in [0.5, 0.6) is 0 Å². The van der Waals surface area contributed by atoms with E-state index < -0.39 is 0 Å². The number of aliphatic hydroxyl groups is 1. The molecule has 0 saturated heterocycles. The lowest BCUT2D eigenvalue weighted by atomic mass is 9.96. The van der Waals surface area contributed by atoms with Crippen molar-refractivity contribution in [2.45, 2.75) is 65.6 Å². The van der Waals surface area contributed by atoms with E-state index in [1.54, 1.807) is 0 Å². The molecular formula is C24H42N6O. The summed E-state index contributed by atoms with van der Waals surface area (Å²) in [4.78, 5) is 0. The van der Waals surface area contributed by atoms with Gasteiger partial charge in [-0.1, -0.05) is 42.0 Å². The Hall–Kier alpha value is -2.41. The van der Waals surface area contributed by atoms with E-state index in [1.165, 1.54) is 5.57 Å². The number of para-hydroxylation sites is 1. The Balaban J connectivity index is 2.73. The first kappa shape index (κ1) is 26.6. The van der Waals surface area contributed by atoms with Crippen LogP contribution in [0.25, 0.3) is 0 Å². The third kappa shape index (κ3) is 8.69. The van der Waals surface area contributed by atoms with Gasteiger partial charge >= 0.3 is 0 Å². The zero-order valence-corrected chi connectivity index (χ0v) is 20.4. The van der Waals surface area contributed by atoms with Crippen molar-refractivity contribution in [3.8, 4) is 0 Å². The van der Waals surface area contributed by atoms with E-state index in [0.29, 0.717) is 12.3 Å². The van der Waals surface area contributed by atoms with E-state index in [1.807, 2.05) is 36.2 Å². The van der Waals surface area contributed by atoms with Crippen molar-refractivity contribution in [3.05, 3.63) is 41.5 Å². The van der Waals surface area contributed by atoms with E-state index >= 15 is 0 Å². The quantitative estimate of drug-likeness (QED) is 0.195. The standard InChI is InChI=1S/C24H42N6O/c1-9-18(2)23(26-24-13-11-10-12-22(24)15-17-31)14-16-29(7)28-27-20(4)19(3)21(5)30(8)25-6/h9-13,19-21,23,26,31H,6,14-17H2,1-5,7-8H3/b18-9+,28-27-/t19-,20?,21?,23?/m0/s1. The maximum atomic E-state index is 9.35. The summed E-state index contributed by atoms with van der Waals surface area (Å²) in [5, 5.41) is 29.7. The van der Waals surface area contributed by atoms with Crippen LogP contribution in [-0.4, -0.2) is 67.2 Å². The number of benzene rings is 1. The van der Waals surface area contributed by atoms with Crippen molar-refractivity contribution in [1.29, 1.82) is 0 Å². The number of nitrogens with zero attached hydrogens (tertiary/aromatic N) is 5. The lowest BCUT2D eigenvalue weighted by molar-refractivity contribution is 0.186. The first-order chi connectivity index (χ1) is 14.7. The molecule has 0 heterocycles. The number of hydrogen-bond donors (Lipinski definition) is 2. The zero-order chi connectivity index (χ0) is 23.4. The fraction of sp³-hybridized carbons (Fsp3) is 0.625. The highest BCUT2D eigenvalue weighted by atomic mass is 16.2. The minimum atomic E-state index is 0.0817. The molecule has 0 aliphatic carbocycles. The summed E-state index contributed by atoms with van der Waals surface area (Å²) in [7, 11) is 3.89. The SMILES string of the molecule is C=NN(C)C(C)[C@@H](C)C(C)/N=N\N(C)CCC(Nc1ccccc1CCO)/C(C)=C/C. The van der Waals surface area contributed by atoms with Crippen molar-refractivity contribution in [1.82, 2.24) is 10.0 Å². The second-order valence-corrected chi connectivity index (χ2v) is 8.29. The molecule has 7 nitrogen and oxygen atoms in total. The minimum absolute atomic E-state index is 0.0817. The van der Waals surface area contributed by atoms with Gasteiger partial charge in [-0.25, -0.2) is 0 Å². The lowest BCUT2D eigenvalue weighted by Gasteiger charge is -2.29. The molecule has 31 heavy (non-hydrogen) atoms. The molecule has 2 N–H and O–H groups in total. The van der Waals surface area contributed by atoms with E-state index in [-0.39, 0.29) is 24.7 Å². The highest BCUT2D eigenvalue weighted by Crippen LogP contribution is 2.21. The topological polar surface area (TPSA) is 75.8 Å². The van der Waals surface area contributed by atoms with Gasteiger partial charge in [-0.05, 0) is 52.2 Å². The molecule has 4 atom stereocenters. The van der Waals surface area contributed by atoms with Crippen molar-refractivity contribution >= 4 is 12.4 Å². The molecule has 1 rings (SSSR count). The molecule has 0 aliphatic rings. The van der Waals surface area contributed by atoms with Gasteiger partial charge in [0.25, 0.3) is 0 Å². The summed E-state index contributed by atoms with van der Waals surface area (Å²) in [6.07, 6.45) is 3.68. The molecule has 0 saturated carbocycles. The van der Waals surface area contributed by atoms with Crippen LogP contribution in [0.3, 0.4) is 0 Å². The van der Waals surface area contributed by atoms with Gasteiger partial charge in [-0.3, -0.25) is 10.0 Å². The summed E-state index contributed by atoms with van der Waals surface area (Å²) in [5.74, 6) is 0.301. The van der Waals surface area contributed by atoms with Crippen LogP contribution in [0.1, 0.15) is 46.6 Å². The fourth-order valence-electron chi connectivity index (χ4n) is 3.31. The number of rotatable bonds is 14.